The number of carbonyl (C=O) groups is 1. The normalized spacial score (nSPS) is 19.5. The van der Waals surface area contributed by atoms with Crippen molar-refractivity contribution in [1.82, 2.24) is 9.84 Å². The lowest BCUT2D eigenvalue weighted by Gasteiger charge is -2.36. The first-order valence-electron chi connectivity index (χ1n) is 10.1. The van der Waals surface area contributed by atoms with E-state index in [9.17, 15) is 13.2 Å². The molecule has 0 saturated carbocycles. The van der Waals surface area contributed by atoms with Crippen LogP contribution in [0.5, 0.6) is 0 Å². The van der Waals surface area contributed by atoms with Gasteiger partial charge >= 0.3 is 0 Å². The maximum absolute atomic E-state index is 13.2. The molecule has 0 bridgehead atoms. The van der Waals surface area contributed by atoms with Gasteiger partial charge in [0, 0.05) is 60.0 Å². The van der Waals surface area contributed by atoms with Gasteiger partial charge in [-0.1, -0.05) is 11.6 Å². The van der Waals surface area contributed by atoms with Crippen LogP contribution in [0.25, 0.3) is 0 Å². The third-order valence-corrected chi connectivity index (χ3v) is 8.28. The maximum Gasteiger partial charge on any atom is 0.254 e. The predicted molar refractivity (Wildman–Crippen MR) is 126 cm³/mol. The number of piperazine rings is 1. The number of amides is 1. The van der Waals surface area contributed by atoms with Gasteiger partial charge in [-0.05, 0) is 71.2 Å². The van der Waals surface area contributed by atoms with E-state index in [1.807, 2.05) is 37.3 Å². The lowest BCUT2D eigenvalue weighted by atomic mass is 10.1. The summed E-state index contributed by atoms with van der Waals surface area (Å²) in [6, 6.07) is 11.0. The number of hydrazine groups is 1. The number of nitrogens with one attached hydrogen (secondary N) is 1. The molecule has 31 heavy (non-hydrogen) atoms. The zero-order valence-electron chi connectivity index (χ0n) is 17.3. The Morgan fingerprint density at radius 1 is 1.13 bits per heavy atom. The molecule has 2 aliphatic rings. The van der Waals surface area contributed by atoms with Gasteiger partial charge in [-0.2, -0.15) is 0 Å². The van der Waals surface area contributed by atoms with Crippen LogP contribution in [0.4, 0.5) is 11.4 Å². The number of benzene rings is 2. The molecule has 1 N–H and O–H groups in total. The molecule has 2 heterocycles. The summed E-state index contributed by atoms with van der Waals surface area (Å²) in [6.45, 7) is 5.92. The Bertz CT molecular complexity index is 1100. The van der Waals surface area contributed by atoms with Gasteiger partial charge in [-0.25, -0.2) is 13.4 Å². The minimum absolute atomic E-state index is 0.00579. The van der Waals surface area contributed by atoms with E-state index in [4.69, 9.17) is 11.6 Å². The van der Waals surface area contributed by atoms with Crippen LogP contribution in [0.2, 0.25) is 5.02 Å². The highest BCUT2D eigenvalue weighted by Crippen LogP contribution is 2.38. The van der Waals surface area contributed by atoms with Crippen molar-refractivity contribution < 1.29 is 13.2 Å². The molecule has 2 aromatic rings. The van der Waals surface area contributed by atoms with Crippen LogP contribution in [0.1, 0.15) is 19.4 Å². The Morgan fingerprint density at radius 2 is 1.77 bits per heavy atom. The topological polar surface area (TPSA) is 73.0 Å². The van der Waals surface area contributed by atoms with Gasteiger partial charge in [0.1, 0.15) is 0 Å². The van der Waals surface area contributed by atoms with E-state index < -0.39 is 10.0 Å². The zero-order valence-corrected chi connectivity index (χ0v) is 20.5. The van der Waals surface area contributed by atoms with Crippen molar-refractivity contribution in [2.24, 2.45) is 0 Å². The average molecular weight is 528 g/mol. The number of carbonyl (C=O) groups excluding carboxylic acids is 1. The lowest BCUT2D eigenvalue weighted by molar-refractivity contribution is -0.116. The summed E-state index contributed by atoms with van der Waals surface area (Å²) in [4.78, 5) is 18.8. The van der Waals surface area contributed by atoms with Gasteiger partial charge in [0.05, 0.1) is 4.90 Å². The Hall–Kier alpha value is -1.65. The predicted octanol–water partition coefficient (Wildman–Crippen LogP) is 3.42. The van der Waals surface area contributed by atoms with Crippen LogP contribution in [0.15, 0.2) is 45.8 Å². The number of nitrogens with zero attached hydrogens (tertiary/aromatic N) is 3. The summed E-state index contributed by atoms with van der Waals surface area (Å²) >= 11 is 9.37. The van der Waals surface area contributed by atoms with Crippen LogP contribution in [0, 0.1) is 0 Å². The summed E-state index contributed by atoms with van der Waals surface area (Å²) in [5.41, 5.74) is 2.69. The third kappa shape index (κ3) is 4.61. The van der Waals surface area contributed by atoms with Crippen molar-refractivity contribution >= 4 is 54.8 Å². The molecule has 10 heteroatoms. The molecule has 0 aliphatic carbocycles. The number of hydrogen-bond donors (Lipinski definition) is 1. The smallest absolute Gasteiger partial charge is 0.254 e. The van der Waals surface area contributed by atoms with E-state index >= 15 is 0 Å². The number of sulfonamides is 1. The summed E-state index contributed by atoms with van der Waals surface area (Å²) in [5, 5.41) is 2.40. The van der Waals surface area contributed by atoms with Crippen LogP contribution >= 0.6 is 27.5 Å². The second kappa shape index (κ2) is 8.71. The van der Waals surface area contributed by atoms with Gasteiger partial charge in [-0.3, -0.25) is 4.79 Å². The molecule has 2 aromatic carbocycles. The highest BCUT2D eigenvalue weighted by Gasteiger charge is 2.32. The summed E-state index contributed by atoms with van der Waals surface area (Å²) in [6.07, 6.45) is 0.702. The van der Waals surface area contributed by atoms with E-state index in [1.165, 1.54) is 6.92 Å². The molecular weight excluding hydrogens is 504 g/mol. The first kappa shape index (κ1) is 22.5. The van der Waals surface area contributed by atoms with Crippen LogP contribution in [-0.2, 0) is 21.2 Å². The quantitative estimate of drug-likeness (QED) is 0.660. The van der Waals surface area contributed by atoms with Crippen molar-refractivity contribution in [3.05, 3.63) is 51.5 Å². The molecule has 0 aromatic heterocycles. The number of anilines is 2. The van der Waals surface area contributed by atoms with E-state index in [0.717, 1.165) is 11.3 Å². The fourth-order valence-corrected chi connectivity index (χ4v) is 6.59. The number of rotatable bonds is 4. The molecule has 2 aliphatic heterocycles. The Kier molecular flexibility index (Phi) is 6.33. The molecule has 166 valence electrons. The monoisotopic (exact) mass is 526 g/mol. The molecule has 1 amide bonds. The van der Waals surface area contributed by atoms with E-state index in [1.54, 1.807) is 16.0 Å². The second-order valence-electron chi connectivity index (χ2n) is 7.90. The third-order valence-electron chi connectivity index (χ3n) is 5.70. The number of fused-ring (bicyclic) bond motifs is 1. The maximum atomic E-state index is 13.2. The van der Waals surface area contributed by atoms with Crippen molar-refractivity contribution in [1.29, 1.82) is 0 Å². The largest absolute Gasteiger partial charge is 0.369 e. The van der Waals surface area contributed by atoms with Gasteiger partial charge in [-0.15, -0.1) is 4.83 Å². The first-order valence-corrected chi connectivity index (χ1v) is 12.7. The first-order chi connectivity index (χ1) is 14.7. The average Bonchev–Trinajstić information content (AvgIpc) is 3.03. The molecular formula is C21H24BrClN4O3S. The molecule has 0 radical (unpaired) electrons. The lowest BCUT2D eigenvalue weighted by Crippen LogP contribution is -2.53. The minimum atomic E-state index is -3.81. The molecule has 4 rings (SSSR count). The molecule has 7 nitrogen and oxygen atoms in total. The standard InChI is InChI=1S/C21H24BrClN4O3S/c1-14-11-16-12-19(22)21(13-20(16)27(14)15(2)28)31(29,30)24-26-9-7-25(8-10-26)18-5-3-17(23)4-6-18/h3-6,12-14,24H,7-11H2,1-2H3. The molecule has 1 atom stereocenters. The molecule has 1 unspecified atom stereocenters. The van der Waals surface area contributed by atoms with Crippen molar-refractivity contribution in [2.75, 3.05) is 36.0 Å². The molecule has 1 fully saturated rings. The van der Waals surface area contributed by atoms with Crippen LogP contribution < -0.4 is 14.6 Å². The Labute approximate surface area is 196 Å². The zero-order chi connectivity index (χ0) is 22.3. The second-order valence-corrected chi connectivity index (χ2v) is 10.8. The van der Waals surface area contributed by atoms with Crippen LogP contribution in [-0.4, -0.2) is 51.6 Å². The van der Waals surface area contributed by atoms with Crippen molar-refractivity contribution in [3.8, 4) is 0 Å². The van der Waals surface area contributed by atoms with Crippen LogP contribution in [0.3, 0.4) is 0 Å². The molecule has 0 spiro atoms. The Balaban J connectivity index is 1.49. The summed E-state index contributed by atoms with van der Waals surface area (Å²) in [7, 11) is -3.81. The van der Waals surface area contributed by atoms with Gasteiger partial charge < -0.3 is 9.80 Å². The van der Waals surface area contributed by atoms with Gasteiger partial charge in [0.25, 0.3) is 10.0 Å². The van der Waals surface area contributed by atoms with E-state index in [-0.39, 0.29) is 16.8 Å². The SMILES string of the molecule is CC(=O)N1c2cc(S(=O)(=O)NN3CCN(c4ccc(Cl)cc4)CC3)c(Br)cc2CC1C. The van der Waals surface area contributed by atoms with Gasteiger partial charge in [0.15, 0.2) is 0 Å². The van der Waals surface area contributed by atoms with E-state index in [2.05, 4.69) is 25.7 Å². The highest BCUT2D eigenvalue weighted by molar-refractivity contribution is 9.10. The van der Waals surface area contributed by atoms with Crippen molar-refractivity contribution in [3.63, 3.8) is 0 Å². The fraction of sp³-hybridized carbons (Fsp3) is 0.381. The summed E-state index contributed by atoms with van der Waals surface area (Å²) in [5.74, 6) is -0.0943. The number of halogens is 2. The minimum Gasteiger partial charge on any atom is -0.369 e. The fourth-order valence-electron chi connectivity index (χ4n) is 4.23. The molecule has 1 saturated heterocycles. The highest BCUT2D eigenvalue weighted by atomic mass is 79.9. The van der Waals surface area contributed by atoms with E-state index in [0.29, 0.717) is 47.8 Å². The van der Waals surface area contributed by atoms with Gasteiger partial charge in [0.2, 0.25) is 5.91 Å². The Morgan fingerprint density at radius 3 is 2.39 bits per heavy atom. The number of hydrogen-bond acceptors (Lipinski definition) is 5. The summed E-state index contributed by atoms with van der Waals surface area (Å²) < 4.78 is 26.8. The van der Waals surface area contributed by atoms with Crippen molar-refractivity contribution in [2.45, 2.75) is 31.2 Å².